The van der Waals surface area contributed by atoms with Crippen LogP contribution in [0, 0.1) is 6.92 Å². The van der Waals surface area contributed by atoms with E-state index in [0.29, 0.717) is 29.6 Å². The average Bonchev–Trinajstić information content (AvgIpc) is 1.61. The summed E-state index contributed by atoms with van der Waals surface area (Å²) in [7, 11) is 7.21. The highest BCUT2D eigenvalue weighted by molar-refractivity contribution is 8.59. The number of unbranched alkanes of at least 4 members (excludes halogenated alkanes) is 2. The maximum Gasteiger partial charge on any atom is 0.411 e. The zero-order valence-electron chi connectivity index (χ0n) is 76.0. The van der Waals surface area contributed by atoms with Gasteiger partial charge in [-0.15, -0.1) is 30.6 Å². The number of carboxylic acid groups (broad SMARTS) is 1. The van der Waals surface area contributed by atoms with E-state index in [0.717, 1.165) is 50.6 Å². The van der Waals surface area contributed by atoms with Gasteiger partial charge in [-0.2, -0.15) is 71.3 Å². The fourth-order valence-corrected chi connectivity index (χ4v) is 14.8. The number of ketones is 1. The number of aryl methyl sites for hydroxylation is 4. The van der Waals surface area contributed by atoms with Gasteiger partial charge in [0.25, 0.3) is 5.91 Å². The van der Waals surface area contributed by atoms with E-state index >= 15 is 0 Å². The van der Waals surface area contributed by atoms with E-state index in [1.165, 1.54) is 65.8 Å². The highest BCUT2D eigenvalue weighted by Crippen LogP contribution is 2.38. The minimum absolute atomic E-state index is 0. The lowest BCUT2D eigenvalue weighted by atomic mass is 10.0. The van der Waals surface area contributed by atoms with E-state index in [9.17, 15) is 109 Å². The number of hydrazine groups is 2. The molecule has 0 aliphatic carbocycles. The van der Waals surface area contributed by atoms with Crippen molar-refractivity contribution in [1.82, 2.24) is 86.6 Å². The Labute approximate surface area is 860 Å². The second-order valence-electron chi connectivity index (χ2n) is 31.6. The third-order valence-corrected chi connectivity index (χ3v) is 24.7. The van der Waals surface area contributed by atoms with Gasteiger partial charge in [0.15, 0.2) is 5.78 Å². The molecule has 0 unspecified atom stereocenters. The van der Waals surface area contributed by atoms with Gasteiger partial charge in [0.05, 0.1) is 31.2 Å². The van der Waals surface area contributed by atoms with Crippen molar-refractivity contribution < 1.29 is 136 Å². The molecule has 4 aliphatic rings. The van der Waals surface area contributed by atoms with Crippen LogP contribution in [0.2, 0.25) is 0 Å². The van der Waals surface area contributed by atoms with Gasteiger partial charge in [-0.05, 0) is 105 Å². The topological polar surface area (TPSA) is 419 Å². The number of rotatable bonds is 26. The molecular weight excluding hydrogens is 2190 g/mol. The summed E-state index contributed by atoms with van der Waals surface area (Å²) < 4.78 is 228. The first kappa shape index (κ1) is 135. The van der Waals surface area contributed by atoms with Crippen LogP contribution in [0.25, 0.3) is 22.0 Å². The Morgan fingerprint density at radius 2 is 0.964 bits per heavy atom. The van der Waals surface area contributed by atoms with Crippen LogP contribution in [0.1, 0.15) is 262 Å². The number of hydrogen-bond acceptors (Lipinski definition) is 32. The van der Waals surface area contributed by atoms with Crippen molar-refractivity contribution in [3.8, 4) is 11.1 Å². The molecule has 7 N–H and O–H groups in total. The summed E-state index contributed by atoms with van der Waals surface area (Å²) in [6, 6.07) is 2.16. The van der Waals surface area contributed by atoms with Gasteiger partial charge < -0.3 is 38.0 Å². The fourth-order valence-electron chi connectivity index (χ4n) is 12.1. The van der Waals surface area contributed by atoms with E-state index in [-0.39, 0.29) is 177 Å². The summed E-state index contributed by atoms with van der Waals surface area (Å²) >= 11 is 33.1. The van der Waals surface area contributed by atoms with Crippen LogP contribution in [0.15, 0.2) is 43.8 Å². The van der Waals surface area contributed by atoms with Crippen molar-refractivity contribution >= 4 is 215 Å². The number of halogens is 16. The number of carboxylic acids is 1. The number of carbonyl (C=O) groups is 8. The van der Waals surface area contributed by atoms with Gasteiger partial charge in [-0.25, -0.2) is 43.0 Å². The first-order chi connectivity index (χ1) is 64.5. The standard InChI is InChI=1S/C26H25F4N7O3.C15H23F4N3O4.C15H21F4N3O3.C10H13F4N3O.C5H12N2O.C5H10O2.CH4.S5.S4.S3.S2.H2S/c1-14(38)24-19-8-16(17-10-31-15(2)32-11-17)5-6-20(19)37(35-24)13-23(39)36-12-18(27)9-21(36)25-34-33-22(40-25)4-3-7-26(28,29)30;1-14(2,3)26-13(25)22-8-9(16)7-10(22)12(24)21-20-11(23)5-4-6-15(17,18)19;1-14(2,3)25-13(23)22-8-9(16)7-10(22)12-21-20-11(24-12)5-4-6-15(17,18)19;11-6-4-7(15-5-6)9-17-16-8(18-9)2-1-3-10(12,13)14;1-2-3-4-5(8)7-6;1-2-3-4-5(6)7;;1-3-5-4-2;1-3-4-2;1-3-2;1-2;/h5-6,8,10-11,18,21H,3-4,7,9,12-13H2,1-2H3;9-10H,4-8H2,1-3H3,(H,20,23)(H,21,24);9-10H,4-8H2,1-3H3;6-7,15H,1-5H2;2-4,6H2,1H3,(H,7,8);2-4H2,1H3,(H,6,7);1H4;;;;;1H2/t18-,21+;2*9-,10+;6-,7+;;;;;;;;/m1111......../s1. The van der Waals surface area contributed by atoms with Crippen LogP contribution in [0.4, 0.5) is 79.8 Å². The Morgan fingerprint density at radius 3 is 1.36 bits per heavy atom. The number of likely N-dealkylation sites (tertiary alicyclic amines) is 3. The first-order valence-electron chi connectivity index (χ1n) is 41.3. The molecule has 0 saturated carbocycles. The van der Waals surface area contributed by atoms with Crippen molar-refractivity contribution in [3.63, 3.8) is 0 Å². The van der Waals surface area contributed by atoms with Crippen molar-refractivity contribution in [3.05, 3.63) is 77.5 Å². The number of amides is 6. The second kappa shape index (κ2) is 69.1. The molecule has 5 aromatic heterocycles. The number of fused-ring (bicyclic) bond motifs is 1. The van der Waals surface area contributed by atoms with Crippen LogP contribution >= 0.6 is 13.5 Å². The zero-order chi connectivity index (χ0) is 105. The number of hydrogen-bond donors (Lipinski definition) is 6. The molecule has 0 radical (unpaired) electrons. The maximum atomic E-state index is 14.5. The third-order valence-electron chi connectivity index (χ3n) is 18.0. The van der Waals surface area contributed by atoms with Crippen molar-refractivity contribution in [2.75, 3.05) is 26.2 Å². The number of aliphatic carboxylic acids is 1. The normalized spacial score (nSPS) is 17.3. The Morgan fingerprint density at radius 1 is 0.550 bits per heavy atom. The second-order valence-corrected chi connectivity index (χ2v) is 42.2. The summed E-state index contributed by atoms with van der Waals surface area (Å²) in [5.74, 6) is 2.63. The summed E-state index contributed by atoms with van der Waals surface area (Å²) in [5.41, 5.74) is 6.68. The van der Waals surface area contributed by atoms with E-state index in [1.54, 1.807) is 79.1 Å². The molecule has 0 bridgehead atoms. The number of alkyl halides is 16. The quantitative estimate of drug-likeness (QED) is 0.00965. The van der Waals surface area contributed by atoms with E-state index in [2.05, 4.69) is 146 Å². The Bertz CT molecular complexity index is 5030. The van der Waals surface area contributed by atoms with Crippen LogP contribution in [-0.2, 0) is 202 Å². The van der Waals surface area contributed by atoms with Crippen LogP contribution in [0.5, 0.6) is 0 Å². The molecular formula is C77H110F16N18O14S15. The number of aromatic nitrogens is 10. The van der Waals surface area contributed by atoms with Crippen LogP contribution < -0.4 is 27.4 Å². The molecule has 140 heavy (non-hydrogen) atoms. The molecule has 4 fully saturated rings. The molecule has 0 spiro atoms. The van der Waals surface area contributed by atoms with Gasteiger partial charge in [-0.1, -0.05) is 40.2 Å². The molecule has 63 heteroatoms. The zero-order valence-corrected chi connectivity index (χ0v) is 88.4. The Kier molecular flexibility index (Phi) is 66.7. The number of benzene rings is 1. The first-order valence-corrected chi connectivity index (χ1v) is 54.7. The van der Waals surface area contributed by atoms with Gasteiger partial charge in [0.1, 0.15) is 72.1 Å². The lowest BCUT2D eigenvalue weighted by molar-refractivity contribution is -0.139. The van der Waals surface area contributed by atoms with Crippen molar-refractivity contribution in [2.24, 2.45) is 5.84 Å². The fraction of sp³-hybridized carbons (Fsp3) is 0.675. The smallest absolute Gasteiger partial charge is 0.411 e. The van der Waals surface area contributed by atoms with Crippen molar-refractivity contribution in [2.45, 2.75) is 309 Å². The predicted octanol–water partition coefficient (Wildman–Crippen LogP) is 15.2. The molecule has 1 aromatic carbocycles. The highest BCUT2D eigenvalue weighted by Gasteiger charge is 2.45. The van der Waals surface area contributed by atoms with Gasteiger partial charge in [0.2, 0.25) is 53.1 Å². The summed E-state index contributed by atoms with van der Waals surface area (Å²) in [5, 5.41) is 38.3. The van der Waals surface area contributed by atoms with Crippen molar-refractivity contribution in [1.29, 1.82) is 0 Å². The molecule has 6 amide bonds. The Hall–Kier alpha value is -7.02. The lowest BCUT2D eigenvalue weighted by Crippen LogP contribution is -2.52. The van der Waals surface area contributed by atoms with Gasteiger partial charge >= 0.3 is 42.9 Å². The van der Waals surface area contributed by atoms with Gasteiger partial charge in [0, 0.05) is 269 Å². The number of nitrogens with two attached hydrogens (primary N) is 1. The molecule has 4 saturated heterocycles. The average molecular weight is 2300 g/mol. The van der Waals surface area contributed by atoms with E-state index in [1.807, 2.05) is 24.7 Å². The number of Topliss-reactive ketones (excluding diaryl/α,β-unsaturated/α-hetero) is 1. The number of nitrogens with one attached hydrogen (secondary N) is 4. The minimum atomic E-state index is -4.36. The highest BCUT2D eigenvalue weighted by atomic mass is 33.3. The Balaban J connectivity index is 0. The van der Waals surface area contributed by atoms with Gasteiger partial charge in [-0.3, -0.25) is 59.5 Å². The molecule has 9 heterocycles. The largest absolute Gasteiger partial charge is 0.481 e. The molecule has 4 aliphatic heterocycles. The monoisotopic (exact) mass is 2290 g/mol. The maximum absolute atomic E-state index is 14.5. The van der Waals surface area contributed by atoms with E-state index < -0.39 is 153 Å². The van der Waals surface area contributed by atoms with Crippen LogP contribution in [-0.4, -0.2) is 211 Å². The number of nitrogens with zero attached hydrogens (tertiary/aromatic N) is 13. The SMILES string of the molecule is C.CC(=O)c1nn(CC(=O)N2C[C@H](F)C[C@H]2c2nnc(CCCC(F)(F)F)o2)c2ccc(-c3cnc(C)nc3)cc12.CC(C)(C)OC(=O)N1C[C@H](F)C[C@H]1C(=O)NNC(=O)CCCC(F)(F)F.CC(C)(C)OC(=O)N1C[C@H](F)C[C@H]1c1nnc(CCCC(F)(F)F)o1.CCCCC(=O)NN.CCCCC(=O)O.F[C@H]1CN[C@H](c2nnc(CCCC(F)(F)F)o2)C1.S.S=S.S=S=S.S=S=S=S.S=S=S=S=S. The van der Waals surface area contributed by atoms with Crippen LogP contribution in [0.3, 0.4) is 0 Å². The molecule has 8 atom stereocenters. The number of carbonyl (C=O) groups excluding carboxylic acids is 7. The number of ether oxygens (including phenoxy) is 2. The lowest BCUT2D eigenvalue weighted by Gasteiger charge is -2.27. The summed E-state index contributed by atoms with van der Waals surface area (Å²) in [6.07, 6.45) is -21.2. The summed E-state index contributed by atoms with van der Waals surface area (Å²) in [4.78, 5) is 105. The minimum Gasteiger partial charge on any atom is -0.481 e. The molecule has 32 nitrogen and oxygen atoms in total. The summed E-state index contributed by atoms with van der Waals surface area (Å²) in [6.45, 7) is 16.3. The molecule has 794 valence electrons. The van der Waals surface area contributed by atoms with E-state index in [4.69, 9.17) is 33.7 Å². The molecule has 10 rings (SSSR count). The molecule has 6 aromatic rings. The third kappa shape index (κ3) is 57.6. The predicted molar refractivity (Wildman–Crippen MR) is 526 cm³/mol.